The van der Waals surface area contributed by atoms with Gasteiger partial charge in [-0.25, -0.2) is 12.7 Å². The van der Waals surface area contributed by atoms with Crippen molar-refractivity contribution in [3.05, 3.63) is 40.8 Å². The SMILES string of the molecule is COc1cc(OC)cc(C(=O)NCc2ccc(S(=O)(=O)N(C)C)s2)c1. The van der Waals surface area contributed by atoms with Crippen molar-refractivity contribution in [2.24, 2.45) is 0 Å². The van der Waals surface area contributed by atoms with Gasteiger partial charge in [-0.15, -0.1) is 11.3 Å². The maximum Gasteiger partial charge on any atom is 0.252 e. The van der Waals surface area contributed by atoms with E-state index >= 15 is 0 Å². The molecule has 1 N–H and O–H groups in total. The zero-order valence-electron chi connectivity index (χ0n) is 14.4. The van der Waals surface area contributed by atoms with Gasteiger partial charge in [-0.1, -0.05) is 0 Å². The maximum atomic E-state index is 12.3. The van der Waals surface area contributed by atoms with Crippen LogP contribution in [0, 0.1) is 0 Å². The quantitative estimate of drug-likeness (QED) is 0.789. The van der Waals surface area contributed by atoms with Gasteiger partial charge in [-0.05, 0) is 24.3 Å². The number of methoxy groups -OCH3 is 2. The number of benzene rings is 1. The molecule has 0 aliphatic rings. The Bertz CT molecular complexity index is 837. The molecular weight excluding hydrogens is 364 g/mol. The number of sulfonamides is 1. The number of nitrogens with one attached hydrogen (secondary N) is 1. The van der Waals surface area contributed by atoms with Crippen molar-refractivity contribution < 1.29 is 22.7 Å². The van der Waals surface area contributed by atoms with Crippen LogP contribution in [0.5, 0.6) is 11.5 Å². The third-order valence-electron chi connectivity index (χ3n) is 3.41. The lowest BCUT2D eigenvalue weighted by atomic mass is 10.2. The fourth-order valence-electron chi connectivity index (χ4n) is 1.98. The molecule has 0 saturated carbocycles. The molecule has 9 heteroatoms. The van der Waals surface area contributed by atoms with Gasteiger partial charge in [0.05, 0.1) is 20.8 Å². The first-order chi connectivity index (χ1) is 11.8. The first-order valence-electron chi connectivity index (χ1n) is 7.30. The number of nitrogens with zero attached hydrogens (tertiary/aromatic N) is 1. The smallest absolute Gasteiger partial charge is 0.252 e. The normalized spacial score (nSPS) is 11.4. The highest BCUT2D eigenvalue weighted by molar-refractivity contribution is 7.91. The van der Waals surface area contributed by atoms with E-state index in [-0.39, 0.29) is 16.7 Å². The van der Waals surface area contributed by atoms with Crippen molar-refractivity contribution >= 4 is 27.3 Å². The summed E-state index contributed by atoms with van der Waals surface area (Å²) in [6.45, 7) is 0.228. The van der Waals surface area contributed by atoms with Gasteiger partial charge in [0, 0.05) is 30.6 Å². The molecule has 0 radical (unpaired) electrons. The van der Waals surface area contributed by atoms with Gasteiger partial charge in [-0.3, -0.25) is 4.79 Å². The van der Waals surface area contributed by atoms with Gasteiger partial charge in [0.25, 0.3) is 15.9 Å². The molecule has 25 heavy (non-hydrogen) atoms. The number of carbonyl (C=O) groups excluding carboxylic acids is 1. The minimum absolute atomic E-state index is 0.228. The van der Waals surface area contributed by atoms with E-state index in [0.29, 0.717) is 17.1 Å². The Morgan fingerprint density at radius 3 is 2.24 bits per heavy atom. The summed E-state index contributed by atoms with van der Waals surface area (Å²) in [5.41, 5.74) is 0.397. The fourth-order valence-corrected chi connectivity index (χ4v) is 4.44. The van der Waals surface area contributed by atoms with Crippen LogP contribution in [0.4, 0.5) is 0 Å². The highest BCUT2D eigenvalue weighted by Gasteiger charge is 2.19. The summed E-state index contributed by atoms with van der Waals surface area (Å²) < 4.78 is 35.8. The molecule has 2 aromatic rings. The zero-order valence-corrected chi connectivity index (χ0v) is 16.0. The van der Waals surface area contributed by atoms with Crippen LogP contribution in [-0.2, 0) is 16.6 Å². The van der Waals surface area contributed by atoms with E-state index in [1.54, 1.807) is 24.3 Å². The van der Waals surface area contributed by atoms with Crippen molar-refractivity contribution in [2.75, 3.05) is 28.3 Å². The predicted molar refractivity (Wildman–Crippen MR) is 95.9 cm³/mol. The maximum absolute atomic E-state index is 12.3. The molecule has 136 valence electrons. The van der Waals surface area contributed by atoms with Gasteiger partial charge >= 0.3 is 0 Å². The van der Waals surface area contributed by atoms with E-state index in [9.17, 15) is 13.2 Å². The van der Waals surface area contributed by atoms with Crippen LogP contribution < -0.4 is 14.8 Å². The fraction of sp³-hybridized carbons (Fsp3) is 0.312. The van der Waals surface area contributed by atoms with Crippen LogP contribution in [0.2, 0.25) is 0 Å². The number of thiophene rings is 1. The molecule has 0 spiro atoms. The van der Waals surface area contributed by atoms with Crippen LogP contribution >= 0.6 is 11.3 Å². The van der Waals surface area contributed by atoms with Crippen LogP contribution in [0.3, 0.4) is 0 Å². The van der Waals surface area contributed by atoms with Crippen LogP contribution in [-0.4, -0.2) is 46.9 Å². The summed E-state index contributed by atoms with van der Waals surface area (Å²) in [6.07, 6.45) is 0. The van der Waals surface area contributed by atoms with Crippen molar-refractivity contribution in [1.29, 1.82) is 0 Å². The summed E-state index contributed by atoms with van der Waals surface area (Å²) in [6, 6.07) is 8.11. The van der Waals surface area contributed by atoms with Crippen molar-refractivity contribution in [3.63, 3.8) is 0 Å². The van der Waals surface area contributed by atoms with Gasteiger partial charge in [0.2, 0.25) is 0 Å². The minimum Gasteiger partial charge on any atom is -0.497 e. The van der Waals surface area contributed by atoms with Crippen LogP contribution in [0.15, 0.2) is 34.5 Å². The molecule has 0 aliphatic carbocycles. The molecule has 0 unspecified atom stereocenters. The molecule has 1 aromatic carbocycles. The first kappa shape index (κ1) is 19.2. The molecule has 0 bridgehead atoms. The van der Waals surface area contributed by atoms with Gasteiger partial charge in [0.15, 0.2) is 0 Å². The van der Waals surface area contributed by atoms with Crippen molar-refractivity contribution in [2.45, 2.75) is 10.8 Å². The Morgan fingerprint density at radius 2 is 1.72 bits per heavy atom. The molecular formula is C16H20N2O5S2. The second kappa shape index (κ2) is 7.85. The summed E-state index contributed by atoms with van der Waals surface area (Å²) in [5, 5.41) is 2.76. The predicted octanol–water partition coefficient (Wildman–Crippen LogP) is 1.95. The number of hydrogen-bond acceptors (Lipinski definition) is 6. The average Bonchev–Trinajstić information content (AvgIpc) is 3.08. The monoisotopic (exact) mass is 384 g/mol. The lowest BCUT2D eigenvalue weighted by Crippen LogP contribution is -2.22. The highest BCUT2D eigenvalue weighted by Crippen LogP contribution is 2.25. The highest BCUT2D eigenvalue weighted by atomic mass is 32.2. The number of carbonyl (C=O) groups is 1. The van der Waals surface area contributed by atoms with Crippen LogP contribution in [0.1, 0.15) is 15.2 Å². The van der Waals surface area contributed by atoms with Crippen LogP contribution in [0.25, 0.3) is 0 Å². The third-order valence-corrected chi connectivity index (χ3v) is 6.78. The molecule has 0 fully saturated rings. The average molecular weight is 384 g/mol. The Labute approximate surface area is 151 Å². The molecule has 1 heterocycles. The summed E-state index contributed by atoms with van der Waals surface area (Å²) >= 11 is 1.13. The lowest BCUT2D eigenvalue weighted by molar-refractivity contribution is 0.0950. The van der Waals surface area contributed by atoms with Crippen molar-refractivity contribution in [1.82, 2.24) is 9.62 Å². The first-order valence-corrected chi connectivity index (χ1v) is 9.56. The summed E-state index contributed by atoms with van der Waals surface area (Å²) in [4.78, 5) is 13.1. The second-order valence-electron chi connectivity index (χ2n) is 5.29. The Balaban J connectivity index is 2.10. The Hall–Kier alpha value is -2.10. The van der Waals surface area contributed by atoms with E-state index in [1.807, 2.05) is 0 Å². The van der Waals surface area contributed by atoms with E-state index in [0.717, 1.165) is 20.5 Å². The minimum atomic E-state index is -3.46. The topological polar surface area (TPSA) is 84.9 Å². The standard InChI is InChI=1S/C16H20N2O5S2/c1-18(2)25(20,21)15-6-5-14(24-15)10-17-16(19)11-7-12(22-3)9-13(8-11)23-4/h5-9H,10H2,1-4H3,(H,17,19). The van der Waals surface area contributed by atoms with Gasteiger partial charge in [0.1, 0.15) is 15.7 Å². The molecule has 2 rings (SSSR count). The van der Waals surface area contributed by atoms with E-state index < -0.39 is 10.0 Å². The number of amides is 1. The van der Waals surface area contributed by atoms with Gasteiger partial charge in [-0.2, -0.15) is 0 Å². The van der Waals surface area contributed by atoms with Gasteiger partial charge < -0.3 is 14.8 Å². The largest absolute Gasteiger partial charge is 0.497 e. The van der Waals surface area contributed by atoms with E-state index in [4.69, 9.17) is 9.47 Å². The third kappa shape index (κ3) is 4.50. The second-order valence-corrected chi connectivity index (χ2v) is 8.84. The molecule has 7 nitrogen and oxygen atoms in total. The van der Waals surface area contributed by atoms with Crippen molar-refractivity contribution in [3.8, 4) is 11.5 Å². The Morgan fingerprint density at radius 1 is 1.12 bits per heavy atom. The molecule has 1 aromatic heterocycles. The Kier molecular flexibility index (Phi) is 6.04. The molecule has 0 aliphatic heterocycles. The van der Waals surface area contributed by atoms with E-state index in [1.165, 1.54) is 34.4 Å². The summed E-state index contributed by atoms with van der Waals surface area (Å²) in [7, 11) is 2.52. The number of hydrogen-bond donors (Lipinski definition) is 1. The van der Waals surface area contributed by atoms with E-state index in [2.05, 4.69) is 5.32 Å². The molecule has 0 atom stereocenters. The summed E-state index contributed by atoms with van der Waals surface area (Å²) in [5.74, 6) is 0.725. The molecule has 1 amide bonds. The number of rotatable bonds is 7. The number of ether oxygens (including phenoxy) is 2. The zero-order chi connectivity index (χ0) is 18.6. The lowest BCUT2D eigenvalue weighted by Gasteiger charge is -2.09. The molecule has 0 saturated heterocycles.